The van der Waals surface area contributed by atoms with Crippen molar-refractivity contribution in [3.8, 4) is 11.1 Å². The van der Waals surface area contributed by atoms with Crippen molar-refractivity contribution in [2.24, 2.45) is 0 Å². The summed E-state index contributed by atoms with van der Waals surface area (Å²) in [5.41, 5.74) is 8.37. The monoisotopic (exact) mass is 204 g/mol. The molecule has 0 aliphatic rings. The Kier molecular flexibility index (Phi) is 2.37. The lowest BCUT2D eigenvalue weighted by molar-refractivity contribution is 1.33. The Labute approximate surface area is 87.4 Å². The first kappa shape index (κ1) is 9.03. The Morgan fingerprint density at radius 3 is 2.43 bits per heavy atom. The van der Waals surface area contributed by atoms with Crippen molar-refractivity contribution in [3.05, 3.63) is 47.7 Å². The van der Waals surface area contributed by atoms with Crippen LogP contribution in [-0.4, -0.2) is 4.98 Å². The molecule has 1 heterocycles. The molecule has 1 aromatic heterocycles. The van der Waals surface area contributed by atoms with Crippen LogP contribution in [0.5, 0.6) is 0 Å². The van der Waals surface area contributed by atoms with E-state index in [1.165, 1.54) is 0 Å². The summed E-state index contributed by atoms with van der Waals surface area (Å²) in [5, 5.41) is 0.650. The van der Waals surface area contributed by atoms with Crippen LogP contribution in [0.4, 0.5) is 5.69 Å². The SMILES string of the molecule is Nc1ccc(-c2ccncc2Cl)cc1. The molecule has 0 fully saturated rings. The first-order chi connectivity index (χ1) is 6.77. The average Bonchev–Trinajstić information content (AvgIpc) is 2.20. The van der Waals surface area contributed by atoms with Gasteiger partial charge in [0.05, 0.1) is 5.02 Å². The van der Waals surface area contributed by atoms with Gasteiger partial charge in [-0.3, -0.25) is 4.98 Å². The lowest BCUT2D eigenvalue weighted by atomic mass is 10.1. The van der Waals surface area contributed by atoms with Crippen LogP contribution in [0.1, 0.15) is 0 Å². The number of nitrogen functional groups attached to an aromatic ring is 1. The van der Waals surface area contributed by atoms with Gasteiger partial charge in [0, 0.05) is 23.6 Å². The molecule has 2 rings (SSSR count). The molecule has 0 unspecified atom stereocenters. The molecule has 0 aliphatic carbocycles. The van der Waals surface area contributed by atoms with E-state index in [2.05, 4.69) is 4.98 Å². The highest BCUT2D eigenvalue weighted by Crippen LogP contribution is 2.26. The predicted octanol–water partition coefficient (Wildman–Crippen LogP) is 2.98. The highest BCUT2D eigenvalue weighted by Gasteiger charge is 2.01. The number of hydrogen-bond donors (Lipinski definition) is 1. The minimum Gasteiger partial charge on any atom is -0.399 e. The van der Waals surface area contributed by atoms with E-state index >= 15 is 0 Å². The lowest BCUT2D eigenvalue weighted by Gasteiger charge is -2.03. The second kappa shape index (κ2) is 3.68. The first-order valence-corrected chi connectivity index (χ1v) is 4.60. The minimum atomic E-state index is 0.650. The summed E-state index contributed by atoms with van der Waals surface area (Å²) in [6.45, 7) is 0. The van der Waals surface area contributed by atoms with E-state index in [9.17, 15) is 0 Å². The molecule has 2 aromatic rings. The maximum Gasteiger partial charge on any atom is 0.0667 e. The summed E-state index contributed by atoms with van der Waals surface area (Å²) < 4.78 is 0. The summed E-state index contributed by atoms with van der Waals surface area (Å²) in [4.78, 5) is 3.93. The molecule has 0 amide bonds. The van der Waals surface area contributed by atoms with Crippen LogP contribution in [0.15, 0.2) is 42.7 Å². The van der Waals surface area contributed by atoms with Crippen molar-refractivity contribution in [3.63, 3.8) is 0 Å². The number of hydrogen-bond acceptors (Lipinski definition) is 2. The van der Waals surface area contributed by atoms with Gasteiger partial charge in [0.15, 0.2) is 0 Å². The van der Waals surface area contributed by atoms with Crippen molar-refractivity contribution in [1.82, 2.24) is 4.98 Å². The number of anilines is 1. The van der Waals surface area contributed by atoms with E-state index < -0.39 is 0 Å². The lowest BCUT2D eigenvalue weighted by Crippen LogP contribution is -1.85. The molecular weight excluding hydrogens is 196 g/mol. The van der Waals surface area contributed by atoms with Crippen LogP contribution < -0.4 is 5.73 Å². The van der Waals surface area contributed by atoms with E-state index in [0.717, 1.165) is 16.8 Å². The van der Waals surface area contributed by atoms with Gasteiger partial charge in [-0.05, 0) is 23.8 Å². The van der Waals surface area contributed by atoms with E-state index in [0.29, 0.717) is 5.02 Å². The number of nitrogens with two attached hydrogens (primary N) is 1. The Bertz CT molecular complexity index is 437. The first-order valence-electron chi connectivity index (χ1n) is 4.23. The molecular formula is C11H9ClN2. The van der Waals surface area contributed by atoms with E-state index in [1.54, 1.807) is 12.4 Å². The fourth-order valence-corrected chi connectivity index (χ4v) is 1.50. The summed E-state index contributed by atoms with van der Waals surface area (Å²) in [6, 6.07) is 9.47. The van der Waals surface area contributed by atoms with Gasteiger partial charge in [-0.1, -0.05) is 23.7 Å². The number of aromatic nitrogens is 1. The van der Waals surface area contributed by atoms with Crippen LogP contribution in [-0.2, 0) is 0 Å². The second-order valence-corrected chi connectivity index (χ2v) is 3.38. The van der Waals surface area contributed by atoms with Crippen LogP contribution in [0.2, 0.25) is 5.02 Å². The van der Waals surface area contributed by atoms with Crippen LogP contribution in [0.3, 0.4) is 0 Å². The van der Waals surface area contributed by atoms with Crippen LogP contribution in [0, 0.1) is 0 Å². The normalized spacial score (nSPS) is 10.1. The van der Waals surface area contributed by atoms with Gasteiger partial charge in [0.2, 0.25) is 0 Å². The smallest absolute Gasteiger partial charge is 0.0667 e. The molecule has 2 N–H and O–H groups in total. The van der Waals surface area contributed by atoms with Gasteiger partial charge in [-0.2, -0.15) is 0 Å². The van der Waals surface area contributed by atoms with Gasteiger partial charge >= 0.3 is 0 Å². The average molecular weight is 205 g/mol. The number of halogens is 1. The van der Waals surface area contributed by atoms with Gasteiger partial charge in [-0.15, -0.1) is 0 Å². The molecule has 14 heavy (non-hydrogen) atoms. The maximum atomic E-state index is 6.00. The van der Waals surface area contributed by atoms with Crippen LogP contribution >= 0.6 is 11.6 Å². The van der Waals surface area contributed by atoms with E-state index in [-0.39, 0.29) is 0 Å². The quantitative estimate of drug-likeness (QED) is 0.726. The van der Waals surface area contributed by atoms with E-state index in [4.69, 9.17) is 17.3 Å². The topological polar surface area (TPSA) is 38.9 Å². The van der Waals surface area contributed by atoms with Gasteiger partial charge in [0.1, 0.15) is 0 Å². The fraction of sp³-hybridized carbons (Fsp3) is 0. The highest BCUT2D eigenvalue weighted by atomic mass is 35.5. The number of pyridine rings is 1. The second-order valence-electron chi connectivity index (χ2n) is 2.98. The molecule has 0 bridgehead atoms. The Hall–Kier alpha value is -1.54. The van der Waals surface area contributed by atoms with E-state index in [1.807, 2.05) is 30.3 Å². The third kappa shape index (κ3) is 1.70. The predicted molar refractivity (Wildman–Crippen MR) is 59.1 cm³/mol. The Morgan fingerprint density at radius 1 is 1.07 bits per heavy atom. The molecule has 0 saturated carbocycles. The molecule has 1 aromatic carbocycles. The fourth-order valence-electron chi connectivity index (χ4n) is 1.27. The molecule has 0 spiro atoms. The molecule has 0 saturated heterocycles. The van der Waals surface area contributed by atoms with Gasteiger partial charge < -0.3 is 5.73 Å². The maximum absolute atomic E-state index is 6.00. The van der Waals surface area contributed by atoms with Crippen molar-refractivity contribution >= 4 is 17.3 Å². The van der Waals surface area contributed by atoms with Crippen molar-refractivity contribution < 1.29 is 0 Å². The summed E-state index contributed by atoms with van der Waals surface area (Å²) in [7, 11) is 0. The van der Waals surface area contributed by atoms with Crippen LogP contribution in [0.25, 0.3) is 11.1 Å². The largest absolute Gasteiger partial charge is 0.399 e. The van der Waals surface area contributed by atoms with Gasteiger partial charge in [-0.25, -0.2) is 0 Å². The van der Waals surface area contributed by atoms with Crippen molar-refractivity contribution in [2.75, 3.05) is 5.73 Å². The number of nitrogens with zero attached hydrogens (tertiary/aromatic N) is 1. The molecule has 2 nitrogen and oxygen atoms in total. The molecule has 0 aliphatic heterocycles. The highest BCUT2D eigenvalue weighted by molar-refractivity contribution is 6.33. The van der Waals surface area contributed by atoms with Crippen molar-refractivity contribution in [2.45, 2.75) is 0 Å². The molecule has 0 atom stereocenters. The Balaban J connectivity index is 2.50. The summed E-state index contributed by atoms with van der Waals surface area (Å²) >= 11 is 6.00. The number of benzene rings is 1. The number of rotatable bonds is 1. The standard InChI is InChI=1S/C11H9ClN2/c12-11-7-14-6-5-10(11)8-1-3-9(13)4-2-8/h1-7H,13H2. The van der Waals surface area contributed by atoms with Gasteiger partial charge in [0.25, 0.3) is 0 Å². The zero-order chi connectivity index (χ0) is 9.97. The zero-order valence-corrected chi connectivity index (χ0v) is 8.20. The molecule has 3 heteroatoms. The Morgan fingerprint density at radius 2 is 1.79 bits per heavy atom. The van der Waals surface area contributed by atoms with Crippen molar-refractivity contribution in [1.29, 1.82) is 0 Å². The third-order valence-electron chi connectivity index (χ3n) is 1.99. The zero-order valence-electron chi connectivity index (χ0n) is 7.44. The summed E-state index contributed by atoms with van der Waals surface area (Å²) in [5.74, 6) is 0. The summed E-state index contributed by atoms with van der Waals surface area (Å²) in [6.07, 6.45) is 3.35. The molecule has 70 valence electrons. The third-order valence-corrected chi connectivity index (χ3v) is 2.30. The molecule has 0 radical (unpaired) electrons. The minimum absolute atomic E-state index is 0.650.